The van der Waals surface area contributed by atoms with E-state index in [-0.39, 0.29) is 0 Å². The van der Waals surface area contributed by atoms with Crippen molar-refractivity contribution in [1.82, 2.24) is 0 Å². The van der Waals surface area contributed by atoms with Crippen molar-refractivity contribution in [2.24, 2.45) is 0 Å². The quantitative estimate of drug-likeness (QED) is 0.432. The van der Waals surface area contributed by atoms with Crippen molar-refractivity contribution < 1.29 is 33.3 Å². The van der Waals surface area contributed by atoms with Gasteiger partial charge in [-0.2, -0.15) is 0 Å². The molecular weight excluding hydrogens is 292 g/mol. The molecule has 0 aromatic carbocycles. The van der Waals surface area contributed by atoms with E-state index in [0.717, 1.165) is 0 Å². The second-order valence-electron chi connectivity index (χ2n) is 4.41. The molecule has 114 valence electrons. The van der Waals surface area contributed by atoms with Crippen LogP contribution in [0, 0.1) is 0 Å². The molecule has 0 aromatic heterocycles. The predicted molar refractivity (Wildman–Crippen MR) is 66.9 cm³/mol. The fraction of sp³-hybridized carbons (Fsp3) is 0.750. The summed E-state index contributed by atoms with van der Waals surface area (Å²) in [4.78, 5) is 33.3. The van der Waals surface area contributed by atoms with Crippen LogP contribution in [0.4, 0.5) is 0 Å². The molecule has 1 heterocycles. The van der Waals surface area contributed by atoms with E-state index in [1.807, 2.05) is 0 Å². The molecule has 0 saturated carbocycles. The lowest BCUT2D eigenvalue weighted by atomic mass is 10.0. The molecule has 5 atom stereocenters. The lowest BCUT2D eigenvalue weighted by molar-refractivity contribution is -0.247. The van der Waals surface area contributed by atoms with E-state index in [2.05, 4.69) is 0 Å². The Morgan fingerprint density at radius 3 is 1.80 bits per heavy atom. The number of ether oxygens (including phenoxy) is 4. The van der Waals surface area contributed by atoms with Crippen molar-refractivity contribution in [2.75, 3.05) is 0 Å². The fourth-order valence-electron chi connectivity index (χ4n) is 1.90. The van der Waals surface area contributed by atoms with Crippen LogP contribution in [0.2, 0.25) is 0 Å². The lowest BCUT2D eigenvalue weighted by Crippen LogP contribution is -2.58. The van der Waals surface area contributed by atoms with Gasteiger partial charge in [0.15, 0.2) is 12.2 Å². The minimum Gasteiger partial charge on any atom is -0.457 e. The van der Waals surface area contributed by atoms with Crippen molar-refractivity contribution in [3.8, 4) is 0 Å². The molecule has 7 nitrogen and oxygen atoms in total. The minimum atomic E-state index is -1.08. The summed E-state index contributed by atoms with van der Waals surface area (Å²) in [5.74, 6) is -1.73. The third kappa shape index (κ3) is 4.35. The van der Waals surface area contributed by atoms with E-state index in [4.69, 9.17) is 30.5 Å². The van der Waals surface area contributed by atoms with E-state index in [0.29, 0.717) is 0 Å². The maximum atomic E-state index is 11.2. The maximum Gasteiger partial charge on any atom is 0.304 e. The van der Waals surface area contributed by atoms with Gasteiger partial charge in [0.05, 0.1) is 6.10 Å². The summed E-state index contributed by atoms with van der Waals surface area (Å²) < 4.78 is 20.5. The summed E-state index contributed by atoms with van der Waals surface area (Å²) in [5, 5.41) is -0.983. The normalized spacial score (nSPS) is 33.1. The second kappa shape index (κ2) is 6.90. The van der Waals surface area contributed by atoms with Crippen molar-refractivity contribution in [3.63, 3.8) is 0 Å². The number of alkyl halides is 1. The smallest absolute Gasteiger partial charge is 0.304 e. The van der Waals surface area contributed by atoms with Gasteiger partial charge in [-0.05, 0) is 6.92 Å². The van der Waals surface area contributed by atoms with Gasteiger partial charge in [0.2, 0.25) is 6.29 Å². The van der Waals surface area contributed by atoms with Gasteiger partial charge in [-0.3, -0.25) is 14.4 Å². The van der Waals surface area contributed by atoms with Gasteiger partial charge < -0.3 is 18.9 Å². The molecule has 1 aliphatic heterocycles. The van der Waals surface area contributed by atoms with Gasteiger partial charge >= 0.3 is 17.9 Å². The number of hydrogen-bond acceptors (Lipinski definition) is 7. The van der Waals surface area contributed by atoms with Gasteiger partial charge in [-0.25, -0.2) is 0 Å². The summed E-state index contributed by atoms with van der Waals surface area (Å²) >= 11 is 6.11. The van der Waals surface area contributed by atoms with Crippen LogP contribution in [-0.4, -0.2) is 47.9 Å². The Labute approximate surface area is 121 Å². The van der Waals surface area contributed by atoms with Crippen molar-refractivity contribution in [3.05, 3.63) is 0 Å². The first-order valence-electron chi connectivity index (χ1n) is 6.03. The number of carbonyl (C=O) groups is 3. The van der Waals surface area contributed by atoms with Crippen molar-refractivity contribution >= 4 is 29.5 Å². The number of hydrogen-bond donors (Lipinski definition) is 0. The topological polar surface area (TPSA) is 88.1 Å². The summed E-state index contributed by atoms with van der Waals surface area (Å²) in [7, 11) is 0. The predicted octanol–water partition coefficient (Wildman–Crippen LogP) is 0.765. The first-order chi connectivity index (χ1) is 9.22. The van der Waals surface area contributed by atoms with E-state index < -0.39 is 47.9 Å². The second-order valence-corrected chi connectivity index (χ2v) is 4.92. The van der Waals surface area contributed by atoms with Crippen LogP contribution in [0.3, 0.4) is 0 Å². The van der Waals surface area contributed by atoms with Gasteiger partial charge in [-0.15, -0.1) is 11.6 Å². The number of rotatable bonds is 3. The van der Waals surface area contributed by atoms with Crippen LogP contribution in [0.25, 0.3) is 0 Å². The fourth-order valence-corrected chi connectivity index (χ4v) is 2.21. The Hall–Kier alpha value is -1.34. The van der Waals surface area contributed by atoms with Gasteiger partial charge in [0.25, 0.3) is 0 Å². The molecule has 0 amide bonds. The molecular formula is C12H17ClO7. The largest absolute Gasteiger partial charge is 0.457 e. The molecule has 0 N–H and O–H groups in total. The van der Waals surface area contributed by atoms with Crippen molar-refractivity contribution in [2.45, 2.75) is 57.7 Å². The number of esters is 3. The SMILES string of the molecule is CC(=O)OC1O[C@H](C)[C@H](OC(C)=O)[C@H](OC(C)=O)[C@H]1Cl. The van der Waals surface area contributed by atoms with E-state index in [9.17, 15) is 14.4 Å². The highest BCUT2D eigenvalue weighted by Gasteiger charge is 2.48. The zero-order valence-corrected chi connectivity index (χ0v) is 12.4. The molecule has 0 bridgehead atoms. The monoisotopic (exact) mass is 308 g/mol. The molecule has 0 radical (unpaired) electrons. The molecule has 0 spiro atoms. The third-order valence-corrected chi connectivity index (χ3v) is 3.05. The lowest BCUT2D eigenvalue weighted by Gasteiger charge is -2.41. The molecule has 1 aliphatic rings. The molecule has 1 fully saturated rings. The maximum absolute atomic E-state index is 11.2. The summed E-state index contributed by atoms with van der Waals surface area (Å²) in [6, 6.07) is 0. The molecule has 20 heavy (non-hydrogen) atoms. The molecule has 1 rings (SSSR count). The van der Waals surface area contributed by atoms with Gasteiger partial charge in [0, 0.05) is 20.8 Å². The molecule has 1 saturated heterocycles. The number of halogens is 1. The Morgan fingerprint density at radius 1 is 0.900 bits per heavy atom. The van der Waals surface area contributed by atoms with Crippen molar-refractivity contribution in [1.29, 1.82) is 0 Å². The minimum absolute atomic E-state index is 0.558. The standard InChI is InChI=1S/C12H17ClO7/c1-5-10(18-6(2)14)11(19-7(3)15)9(13)12(17-5)20-8(4)16/h5,9-12H,1-4H3/t5-,9-,10+,11-,12?/m1/s1. The van der Waals surface area contributed by atoms with Crippen LogP contribution in [0.5, 0.6) is 0 Å². The Bertz CT molecular complexity index is 397. The van der Waals surface area contributed by atoms with Crippen LogP contribution in [0.1, 0.15) is 27.7 Å². The third-order valence-electron chi connectivity index (χ3n) is 2.60. The van der Waals surface area contributed by atoms with Crippen LogP contribution >= 0.6 is 11.6 Å². The average Bonchev–Trinajstić information content (AvgIpc) is 2.28. The molecule has 1 unspecified atom stereocenters. The zero-order chi connectivity index (χ0) is 15.4. The highest BCUT2D eigenvalue weighted by Crippen LogP contribution is 2.30. The van der Waals surface area contributed by atoms with Gasteiger partial charge in [0.1, 0.15) is 5.38 Å². The Morgan fingerprint density at radius 2 is 1.35 bits per heavy atom. The highest BCUT2D eigenvalue weighted by molar-refractivity contribution is 6.21. The Kier molecular flexibility index (Phi) is 5.76. The average molecular weight is 309 g/mol. The first kappa shape index (κ1) is 16.7. The van der Waals surface area contributed by atoms with Crippen LogP contribution in [-0.2, 0) is 33.3 Å². The Balaban J connectivity index is 2.93. The molecule has 8 heteroatoms. The highest BCUT2D eigenvalue weighted by atomic mass is 35.5. The van der Waals surface area contributed by atoms with E-state index >= 15 is 0 Å². The van der Waals surface area contributed by atoms with E-state index in [1.165, 1.54) is 20.8 Å². The summed E-state index contributed by atoms with van der Waals surface area (Å²) in [6.45, 7) is 5.23. The molecule has 0 aliphatic carbocycles. The van der Waals surface area contributed by atoms with Crippen LogP contribution in [0.15, 0.2) is 0 Å². The summed E-state index contributed by atoms with van der Waals surface area (Å²) in [6.07, 6.45) is -3.57. The number of carbonyl (C=O) groups excluding carboxylic acids is 3. The first-order valence-corrected chi connectivity index (χ1v) is 6.47. The van der Waals surface area contributed by atoms with Crippen LogP contribution < -0.4 is 0 Å². The van der Waals surface area contributed by atoms with Gasteiger partial charge in [-0.1, -0.05) is 0 Å². The summed E-state index contributed by atoms with van der Waals surface area (Å²) in [5.41, 5.74) is 0. The molecule has 0 aromatic rings. The van der Waals surface area contributed by atoms with E-state index in [1.54, 1.807) is 6.92 Å². The zero-order valence-electron chi connectivity index (χ0n) is 11.6.